The molecule has 0 aliphatic rings. The molecular weight excluding hydrogens is 228 g/mol. The molecule has 1 aromatic carbocycles. The summed E-state index contributed by atoms with van der Waals surface area (Å²) in [4.78, 5) is 13.6. The first kappa shape index (κ1) is 14.4. The summed E-state index contributed by atoms with van der Waals surface area (Å²) in [5.74, 6) is -0.159. The Bertz CT molecular complexity index is 379. The molecule has 0 aromatic heterocycles. The van der Waals surface area contributed by atoms with Crippen LogP contribution >= 0.6 is 0 Å². The van der Waals surface area contributed by atoms with E-state index in [0.29, 0.717) is 13.0 Å². The highest BCUT2D eigenvalue weighted by Gasteiger charge is 2.19. The van der Waals surface area contributed by atoms with Gasteiger partial charge in [-0.2, -0.15) is 0 Å². The van der Waals surface area contributed by atoms with Crippen LogP contribution in [0.3, 0.4) is 0 Å². The van der Waals surface area contributed by atoms with Gasteiger partial charge in [-0.3, -0.25) is 4.79 Å². The maximum absolute atomic E-state index is 12.1. The Morgan fingerprint density at radius 3 is 2.67 bits per heavy atom. The summed E-state index contributed by atoms with van der Waals surface area (Å²) in [7, 11) is 0. The Balaban J connectivity index is 2.61. The zero-order valence-electron chi connectivity index (χ0n) is 10.5. The molecule has 3 N–H and O–H groups in total. The molecule has 0 bridgehead atoms. The van der Waals surface area contributed by atoms with E-state index < -0.39 is 6.04 Å². The normalized spacial score (nSPS) is 11.9. The first-order valence-corrected chi connectivity index (χ1v) is 5.99. The van der Waals surface area contributed by atoms with Crippen molar-refractivity contribution in [1.82, 2.24) is 4.90 Å². The molecule has 0 radical (unpaired) electrons. The van der Waals surface area contributed by atoms with Gasteiger partial charge in [-0.1, -0.05) is 36.4 Å². The maximum atomic E-state index is 12.1. The predicted molar refractivity (Wildman–Crippen MR) is 72.0 cm³/mol. The lowest BCUT2D eigenvalue weighted by Gasteiger charge is -2.23. The monoisotopic (exact) mass is 248 g/mol. The van der Waals surface area contributed by atoms with Crippen LogP contribution in [0.15, 0.2) is 43.0 Å². The smallest absolute Gasteiger partial charge is 0.240 e. The van der Waals surface area contributed by atoms with Crippen LogP contribution in [0.5, 0.6) is 0 Å². The van der Waals surface area contributed by atoms with E-state index >= 15 is 0 Å². The zero-order valence-corrected chi connectivity index (χ0v) is 10.5. The molecular formula is C14H20N2O2. The van der Waals surface area contributed by atoms with Crippen LogP contribution in [0.1, 0.15) is 5.56 Å². The SMILES string of the molecule is C=CCN(CCO)C(=O)C(N)Cc1ccccc1. The molecule has 1 unspecified atom stereocenters. The van der Waals surface area contributed by atoms with E-state index in [2.05, 4.69) is 6.58 Å². The van der Waals surface area contributed by atoms with E-state index in [1.807, 2.05) is 30.3 Å². The minimum atomic E-state index is -0.584. The highest BCUT2D eigenvalue weighted by molar-refractivity contribution is 5.82. The number of amides is 1. The Morgan fingerprint density at radius 2 is 2.11 bits per heavy atom. The van der Waals surface area contributed by atoms with Crippen molar-refractivity contribution >= 4 is 5.91 Å². The fourth-order valence-corrected chi connectivity index (χ4v) is 1.76. The summed E-state index contributed by atoms with van der Waals surface area (Å²) in [5, 5.41) is 8.91. The van der Waals surface area contributed by atoms with Gasteiger partial charge in [0.2, 0.25) is 5.91 Å². The van der Waals surface area contributed by atoms with E-state index in [-0.39, 0.29) is 19.1 Å². The van der Waals surface area contributed by atoms with Gasteiger partial charge >= 0.3 is 0 Å². The van der Waals surface area contributed by atoms with E-state index in [1.165, 1.54) is 4.90 Å². The molecule has 1 rings (SSSR count). The van der Waals surface area contributed by atoms with E-state index in [0.717, 1.165) is 5.56 Å². The Kier molecular flexibility index (Phi) is 6.11. The number of rotatable bonds is 7. The van der Waals surface area contributed by atoms with Gasteiger partial charge in [0.1, 0.15) is 0 Å². The summed E-state index contributed by atoms with van der Waals surface area (Å²) in [6.45, 7) is 4.21. The third kappa shape index (κ3) is 4.31. The molecule has 18 heavy (non-hydrogen) atoms. The Labute approximate surface area is 108 Å². The predicted octanol–water partition coefficient (Wildman–Crippen LogP) is 0.563. The molecule has 0 aliphatic heterocycles. The van der Waals surface area contributed by atoms with Crippen molar-refractivity contribution in [3.63, 3.8) is 0 Å². The van der Waals surface area contributed by atoms with E-state index in [9.17, 15) is 4.79 Å². The molecule has 0 fully saturated rings. The zero-order chi connectivity index (χ0) is 13.4. The summed E-state index contributed by atoms with van der Waals surface area (Å²) < 4.78 is 0. The van der Waals surface area contributed by atoms with Crippen LogP contribution in [-0.4, -0.2) is 41.7 Å². The van der Waals surface area contributed by atoms with Gasteiger partial charge in [-0.25, -0.2) is 0 Å². The lowest BCUT2D eigenvalue weighted by Crippen LogP contribution is -2.46. The first-order chi connectivity index (χ1) is 8.69. The van der Waals surface area contributed by atoms with Crippen LogP contribution in [0.25, 0.3) is 0 Å². The number of nitrogens with zero attached hydrogens (tertiary/aromatic N) is 1. The highest BCUT2D eigenvalue weighted by atomic mass is 16.3. The van der Waals surface area contributed by atoms with Crippen LogP contribution in [0.2, 0.25) is 0 Å². The number of nitrogens with two attached hydrogens (primary N) is 1. The summed E-state index contributed by atoms with van der Waals surface area (Å²) in [6, 6.07) is 9.06. The van der Waals surface area contributed by atoms with Crippen LogP contribution in [0, 0.1) is 0 Å². The van der Waals surface area contributed by atoms with Crippen LogP contribution < -0.4 is 5.73 Å². The third-order valence-electron chi connectivity index (χ3n) is 2.65. The van der Waals surface area contributed by atoms with Crippen molar-refractivity contribution in [2.24, 2.45) is 5.73 Å². The van der Waals surface area contributed by atoms with Crippen molar-refractivity contribution in [2.45, 2.75) is 12.5 Å². The van der Waals surface area contributed by atoms with Gasteiger partial charge in [0, 0.05) is 13.1 Å². The second-order valence-corrected chi connectivity index (χ2v) is 4.09. The van der Waals surface area contributed by atoms with Crippen LogP contribution in [0.4, 0.5) is 0 Å². The van der Waals surface area contributed by atoms with Crippen LogP contribution in [-0.2, 0) is 11.2 Å². The van der Waals surface area contributed by atoms with Gasteiger partial charge in [0.15, 0.2) is 0 Å². The van der Waals surface area contributed by atoms with Crippen molar-refractivity contribution < 1.29 is 9.90 Å². The summed E-state index contributed by atoms with van der Waals surface area (Å²) >= 11 is 0. The molecule has 1 aromatic rings. The highest BCUT2D eigenvalue weighted by Crippen LogP contribution is 2.04. The minimum absolute atomic E-state index is 0.0718. The lowest BCUT2D eigenvalue weighted by molar-refractivity contribution is -0.132. The fraction of sp³-hybridized carbons (Fsp3) is 0.357. The van der Waals surface area contributed by atoms with Gasteiger partial charge in [0.05, 0.1) is 12.6 Å². The Hall–Kier alpha value is -1.65. The number of carbonyl (C=O) groups excluding carboxylic acids is 1. The van der Waals surface area contributed by atoms with Crippen molar-refractivity contribution in [3.05, 3.63) is 48.6 Å². The van der Waals surface area contributed by atoms with Crippen molar-refractivity contribution in [3.8, 4) is 0 Å². The molecule has 1 atom stereocenters. The quantitative estimate of drug-likeness (QED) is 0.693. The van der Waals surface area contributed by atoms with Gasteiger partial charge in [-0.15, -0.1) is 6.58 Å². The number of aliphatic hydroxyl groups excluding tert-OH is 1. The number of aliphatic hydroxyl groups is 1. The largest absolute Gasteiger partial charge is 0.395 e. The van der Waals surface area contributed by atoms with Gasteiger partial charge in [0.25, 0.3) is 0 Å². The molecule has 4 heteroatoms. The number of benzene rings is 1. The fourth-order valence-electron chi connectivity index (χ4n) is 1.76. The second-order valence-electron chi connectivity index (χ2n) is 4.09. The molecule has 0 heterocycles. The van der Waals surface area contributed by atoms with E-state index in [4.69, 9.17) is 10.8 Å². The first-order valence-electron chi connectivity index (χ1n) is 5.99. The number of hydrogen-bond acceptors (Lipinski definition) is 3. The van der Waals surface area contributed by atoms with Crippen molar-refractivity contribution in [2.75, 3.05) is 19.7 Å². The topological polar surface area (TPSA) is 66.6 Å². The second kappa shape index (κ2) is 7.63. The molecule has 0 saturated carbocycles. The summed E-state index contributed by atoms with van der Waals surface area (Å²) in [6.07, 6.45) is 2.13. The molecule has 0 saturated heterocycles. The maximum Gasteiger partial charge on any atom is 0.240 e. The van der Waals surface area contributed by atoms with Crippen molar-refractivity contribution in [1.29, 1.82) is 0 Å². The molecule has 0 aliphatic carbocycles. The molecule has 98 valence electrons. The average molecular weight is 248 g/mol. The average Bonchev–Trinajstić information content (AvgIpc) is 2.39. The molecule has 0 spiro atoms. The summed E-state index contributed by atoms with van der Waals surface area (Å²) in [5.41, 5.74) is 6.93. The van der Waals surface area contributed by atoms with Gasteiger partial charge < -0.3 is 15.7 Å². The number of carbonyl (C=O) groups is 1. The third-order valence-corrected chi connectivity index (χ3v) is 2.65. The Morgan fingerprint density at radius 1 is 1.44 bits per heavy atom. The molecule has 1 amide bonds. The number of hydrogen-bond donors (Lipinski definition) is 2. The molecule has 4 nitrogen and oxygen atoms in total. The van der Waals surface area contributed by atoms with Gasteiger partial charge in [-0.05, 0) is 12.0 Å². The van der Waals surface area contributed by atoms with E-state index in [1.54, 1.807) is 6.08 Å². The lowest BCUT2D eigenvalue weighted by atomic mass is 10.1. The standard InChI is InChI=1S/C14H20N2O2/c1-2-8-16(9-10-17)14(18)13(15)11-12-6-4-3-5-7-12/h2-7,13,17H,1,8-11,15H2. The minimum Gasteiger partial charge on any atom is -0.395 e.